The van der Waals surface area contributed by atoms with Crippen LogP contribution in [-0.4, -0.2) is 48.1 Å². The number of halogens is 1. The predicted octanol–water partition coefficient (Wildman–Crippen LogP) is 2.53. The lowest BCUT2D eigenvalue weighted by molar-refractivity contribution is 0.122. The smallest absolute Gasteiger partial charge is 0.229 e. The van der Waals surface area contributed by atoms with Crippen LogP contribution in [0, 0.1) is 5.92 Å². The molecule has 2 aliphatic rings. The fraction of sp³-hybridized carbons (Fsp3) is 0.368. The fourth-order valence-electron chi connectivity index (χ4n) is 2.94. The Hall–Kier alpha value is -2.72. The van der Waals surface area contributed by atoms with E-state index in [0.717, 1.165) is 44.8 Å². The summed E-state index contributed by atoms with van der Waals surface area (Å²) >= 11 is 3.39. The third-order valence-electron chi connectivity index (χ3n) is 4.69. The van der Waals surface area contributed by atoms with E-state index in [4.69, 9.17) is 16.2 Å². The number of rotatable bonds is 5. The number of benzene rings is 1. The van der Waals surface area contributed by atoms with Crippen LogP contribution in [0.4, 0.5) is 23.1 Å². The Kier molecular flexibility index (Phi) is 5.91. The van der Waals surface area contributed by atoms with Crippen LogP contribution in [0.1, 0.15) is 12.8 Å². The summed E-state index contributed by atoms with van der Waals surface area (Å²) in [5.41, 5.74) is 13.8. The van der Waals surface area contributed by atoms with Crippen LogP contribution >= 0.6 is 15.9 Å². The minimum Gasteiger partial charge on any atom is -0.387 e. The van der Waals surface area contributed by atoms with E-state index >= 15 is 0 Å². The van der Waals surface area contributed by atoms with Gasteiger partial charge in [0.15, 0.2) is 5.82 Å². The molecule has 1 aromatic heterocycles. The highest BCUT2D eigenvalue weighted by Crippen LogP contribution is 2.29. The zero-order valence-corrected chi connectivity index (χ0v) is 17.5. The number of morpholine rings is 1. The van der Waals surface area contributed by atoms with Crippen LogP contribution in [0.25, 0.3) is 0 Å². The molecule has 0 spiro atoms. The van der Waals surface area contributed by atoms with Crippen LogP contribution in [0.15, 0.2) is 44.9 Å². The van der Waals surface area contributed by atoms with Gasteiger partial charge in [-0.1, -0.05) is 0 Å². The second-order valence-electron chi connectivity index (χ2n) is 6.92. The Morgan fingerprint density at radius 2 is 1.90 bits per heavy atom. The molecule has 152 valence electrons. The van der Waals surface area contributed by atoms with Crippen molar-refractivity contribution in [3.63, 3.8) is 0 Å². The fourth-order valence-corrected chi connectivity index (χ4v) is 3.22. The quantitative estimate of drug-likeness (QED) is 0.463. The van der Waals surface area contributed by atoms with Crippen molar-refractivity contribution >= 4 is 50.9 Å². The van der Waals surface area contributed by atoms with E-state index < -0.39 is 0 Å². The van der Waals surface area contributed by atoms with Crippen LogP contribution < -0.4 is 21.7 Å². The number of hydrogen-bond acceptors (Lipinski definition) is 6. The minimum atomic E-state index is 0.0783. The van der Waals surface area contributed by atoms with Crippen molar-refractivity contribution in [1.29, 1.82) is 0 Å². The number of nitrogens with zero attached hydrogens (tertiary/aromatic N) is 5. The molecule has 0 bridgehead atoms. The van der Waals surface area contributed by atoms with E-state index in [1.165, 1.54) is 5.69 Å². The summed E-state index contributed by atoms with van der Waals surface area (Å²) in [5.74, 6) is 1.73. The molecule has 0 atom stereocenters. The molecule has 2 aromatic rings. The molecule has 1 aliphatic heterocycles. The van der Waals surface area contributed by atoms with Crippen molar-refractivity contribution in [3.8, 4) is 0 Å². The number of nitrogens with one attached hydrogen (secondary N) is 1. The number of amidine groups is 1. The topological polar surface area (TPSA) is 127 Å². The first kappa shape index (κ1) is 19.6. The molecular weight excluding hydrogens is 436 g/mol. The molecule has 10 heteroatoms. The molecule has 4 rings (SSSR count). The van der Waals surface area contributed by atoms with Crippen LogP contribution in [0.2, 0.25) is 0 Å². The Morgan fingerprint density at radius 1 is 1.17 bits per heavy atom. The third kappa shape index (κ3) is 5.21. The van der Waals surface area contributed by atoms with Crippen LogP contribution in [0.5, 0.6) is 0 Å². The highest BCUT2D eigenvalue weighted by molar-refractivity contribution is 9.10. The lowest BCUT2D eigenvalue weighted by atomic mass is 10.2. The number of aromatic nitrogens is 2. The molecule has 0 amide bonds. The normalized spacial score (nSPS) is 18.0. The van der Waals surface area contributed by atoms with Crippen molar-refractivity contribution in [2.45, 2.75) is 12.8 Å². The standard InChI is InChI=1S/C19H23BrN8O/c20-15-11-23-19(27-17(15)26-18(22)25-16(21)12-1-2-12)24-13-3-5-14(6-4-13)28-7-9-29-10-8-28/h3-6,11-12H,1-2,7-10H2,(H5,21,22,23,24,25,26,27). The number of guanidine groups is 1. The van der Waals surface area contributed by atoms with Gasteiger partial charge in [0.1, 0.15) is 5.84 Å². The molecule has 29 heavy (non-hydrogen) atoms. The van der Waals surface area contributed by atoms with Gasteiger partial charge in [0.2, 0.25) is 11.9 Å². The van der Waals surface area contributed by atoms with Crippen molar-refractivity contribution in [3.05, 3.63) is 34.9 Å². The summed E-state index contributed by atoms with van der Waals surface area (Å²) in [6, 6.07) is 8.13. The maximum Gasteiger partial charge on any atom is 0.229 e. The summed E-state index contributed by atoms with van der Waals surface area (Å²) in [5, 5.41) is 3.19. The summed E-state index contributed by atoms with van der Waals surface area (Å²) < 4.78 is 6.02. The van der Waals surface area contributed by atoms with Gasteiger partial charge in [-0.25, -0.2) is 9.98 Å². The van der Waals surface area contributed by atoms with E-state index in [0.29, 0.717) is 28.0 Å². The summed E-state index contributed by atoms with van der Waals surface area (Å²) in [6.45, 7) is 3.32. The van der Waals surface area contributed by atoms with Gasteiger partial charge in [-0.05, 0) is 53.0 Å². The minimum absolute atomic E-state index is 0.0783. The van der Waals surface area contributed by atoms with Gasteiger partial charge in [-0.15, -0.1) is 0 Å². The van der Waals surface area contributed by atoms with Gasteiger partial charge in [-0.3, -0.25) is 0 Å². The molecule has 2 fully saturated rings. The van der Waals surface area contributed by atoms with E-state index in [2.05, 4.69) is 58.2 Å². The second-order valence-corrected chi connectivity index (χ2v) is 7.77. The van der Waals surface area contributed by atoms with Crippen LogP contribution in [0.3, 0.4) is 0 Å². The largest absolute Gasteiger partial charge is 0.387 e. The number of ether oxygens (including phenoxy) is 1. The Balaban J connectivity index is 1.46. The van der Waals surface area contributed by atoms with Crippen LogP contribution in [-0.2, 0) is 4.74 Å². The monoisotopic (exact) mass is 458 g/mol. The van der Waals surface area contributed by atoms with E-state index in [-0.39, 0.29) is 5.96 Å². The third-order valence-corrected chi connectivity index (χ3v) is 5.24. The van der Waals surface area contributed by atoms with Gasteiger partial charge in [0.05, 0.1) is 17.7 Å². The molecule has 1 saturated heterocycles. The highest BCUT2D eigenvalue weighted by atomic mass is 79.9. The molecule has 5 N–H and O–H groups in total. The lowest BCUT2D eigenvalue weighted by Gasteiger charge is -2.28. The molecule has 0 unspecified atom stereocenters. The molecule has 9 nitrogen and oxygen atoms in total. The summed E-state index contributed by atoms with van der Waals surface area (Å²) in [7, 11) is 0. The lowest BCUT2D eigenvalue weighted by Crippen LogP contribution is -2.36. The highest BCUT2D eigenvalue weighted by Gasteiger charge is 2.25. The molecule has 2 heterocycles. The second kappa shape index (κ2) is 8.75. The van der Waals surface area contributed by atoms with Crippen molar-refractivity contribution in [1.82, 2.24) is 9.97 Å². The Labute approximate surface area is 177 Å². The van der Waals surface area contributed by atoms with Gasteiger partial charge < -0.3 is 26.4 Å². The Morgan fingerprint density at radius 3 is 2.59 bits per heavy atom. The maximum absolute atomic E-state index is 5.90. The first-order valence-corrected chi connectivity index (χ1v) is 10.3. The molecular formula is C19H23BrN8O. The zero-order chi connectivity index (χ0) is 20.2. The Bertz CT molecular complexity index is 920. The van der Waals surface area contributed by atoms with Gasteiger partial charge in [0.25, 0.3) is 0 Å². The number of hydrogen-bond donors (Lipinski definition) is 3. The average Bonchev–Trinajstić information content (AvgIpc) is 3.57. The molecule has 1 saturated carbocycles. The summed E-state index contributed by atoms with van der Waals surface area (Å²) in [4.78, 5) is 19.4. The van der Waals surface area contributed by atoms with Gasteiger partial charge in [-0.2, -0.15) is 9.98 Å². The van der Waals surface area contributed by atoms with Crippen molar-refractivity contribution < 1.29 is 4.74 Å². The number of nitrogens with two attached hydrogens (primary N) is 2. The zero-order valence-electron chi connectivity index (χ0n) is 15.9. The van der Waals surface area contributed by atoms with E-state index in [9.17, 15) is 0 Å². The molecule has 1 aliphatic carbocycles. The maximum atomic E-state index is 5.90. The van der Waals surface area contributed by atoms with E-state index in [1.807, 2.05) is 12.1 Å². The number of anilines is 3. The summed E-state index contributed by atoms with van der Waals surface area (Å²) in [6.07, 6.45) is 3.73. The predicted molar refractivity (Wildman–Crippen MR) is 118 cm³/mol. The molecule has 1 aromatic carbocycles. The number of aliphatic imine (C=N–C) groups is 2. The van der Waals surface area contributed by atoms with Crippen molar-refractivity contribution in [2.75, 3.05) is 36.5 Å². The van der Waals surface area contributed by atoms with Gasteiger partial charge in [0, 0.05) is 36.6 Å². The van der Waals surface area contributed by atoms with Crippen molar-refractivity contribution in [2.24, 2.45) is 27.4 Å². The van der Waals surface area contributed by atoms with Gasteiger partial charge >= 0.3 is 0 Å². The first-order valence-electron chi connectivity index (χ1n) is 9.49. The average molecular weight is 459 g/mol. The van der Waals surface area contributed by atoms with E-state index in [1.54, 1.807) is 6.20 Å². The molecule has 0 radical (unpaired) electrons. The first-order chi connectivity index (χ1) is 14.1. The SMILES string of the molecule is NC(=Nc1nc(Nc2ccc(N3CCOCC3)cc2)ncc1Br)/N=C(\N)C1CC1.